The molecule has 0 radical (unpaired) electrons. The molecule has 110 valence electrons. The molecular formula is C16H15Cl2NO2. The summed E-state index contributed by atoms with van der Waals surface area (Å²) in [7, 11) is 0. The van der Waals surface area contributed by atoms with E-state index in [1.807, 2.05) is 32.0 Å². The molecule has 0 saturated heterocycles. The van der Waals surface area contributed by atoms with Crippen molar-refractivity contribution in [3.05, 3.63) is 57.6 Å². The van der Waals surface area contributed by atoms with Gasteiger partial charge in [-0.15, -0.1) is 0 Å². The van der Waals surface area contributed by atoms with Crippen LogP contribution in [0.5, 0.6) is 5.75 Å². The quantitative estimate of drug-likeness (QED) is 0.890. The molecule has 0 aliphatic heterocycles. The Balaban J connectivity index is 1.97. The van der Waals surface area contributed by atoms with Crippen LogP contribution in [-0.4, -0.2) is 12.5 Å². The van der Waals surface area contributed by atoms with Crippen molar-refractivity contribution in [3.8, 4) is 5.75 Å². The molecule has 21 heavy (non-hydrogen) atoms. The molecule has 0 heterocycles. The van der Waals surface area contributed by atoms with Gasteiger partial charge in [-0.1, -0.05) is 35.3 Å². The first kappa shape index (κ1) is 15.7. The van der Waals surface area contributed by atoms with Gasteiger partial charge in [0.1, 0.15) is 5.75 Å². The maximum absolute atomic E-state index is 11.9. The normalized spacial score (nSPS) is 10.3. The average molecular weight is 324 g/mol. The number of anilines is 1. The van der Waals surface area contributed by atoms with Crippen LogP contribution < -0.4 is 10.1 Å². The molecule has 3 nitrogen and oxygen atoms in total. The van der Waals surface area contributed by atoms with E-state index in [0.717, 1.165) is 11.1 Å². The van der Waals surface area contributed by atoms with Crippen molar-refractivity contribution in [2.75, 3.05) is 11.9 Å². The molecule has 2 aromatic carbocycles. The van der Waals surface area contributed by atoms with Gasteiger partial charge in [-0.25, -0.2) is 0 Å². The predicted octanol–water partition coefficient (Wildman–Crippen LogP) is 4.63. The Bertz CT molecular complexity index is 651. The van der Waals surface area contributed by atoms with Gasteiger partial charge in [-0.05, 0) is 49.2 Å². The van der Waals surface area contributed by atoms with E-state index >= 15 is 0 Å². The second-order valence-electron chi connectivity index (χ2n) is 4.76. The number of nitrogens with one attached hydrogen (secondary N) is 1. The predicted molar refractivity (Wildman–Crippen MR) is 86.5 cm³/mol. The molecule has 0 bridgehead atoms. The minimum atomic E-state index is -0.269. The molecular weight excluding hydrogens is 309 g/mol. The molecule has 0 aromatic heterocycles. The lowest BCUT2D eigenvalue weighted by Gasteiger charge is -2.10. The maximum atomic E-state index is 11.9. The average Bonchev–Trinajstić information content (AvgIpc) is 2.38. The molecule has 0 unspecified atom stereocenters. The number of aryl methyl sites for hydroxylation is 2. The van der Waals surface area contributed by atoms with Crippen molar-refractivity contribution in [1.82, 2.24) is 0 Å². The number of halogens is 2. The molecule has 1 N–H and O–H groups in total. The lowest BCUT2D eigenvalue weighted by atomic mass is 10.1. The third kappa shape index (κ3) is 4.66. The van der Waals surface area contributed by atoms with Crippen LogP contribution >= 0.6 is 23.2 Å². The van der Waals surface area contributed by atoms with Crippen LogP contribution in [0, 0.1) is 13.8 Å². The van der Waals surface area contributed by atoms with Crippen molar-refractivity contribution < 1.29 is 9.53 Å². The van der Waals surface area contributed by atoms with E-state index in [1.165, 1.54) is 0 Å². The summed E-state index contributed by atoms with van der Waals surface area (Å²) in [4.78, 5) is 11.9. The SMILES string of the molecule is Cc1ccc(C)c(OCC(=O)Nc2cc(Cl)cc(Cl)c2)c1. The van der Waals surface area contributed by atoms with Gasteiger partial charge in [0.15, 0.2) is 6.61 Å². The minimum Gasteiger partial charge on any atom is -0.483 e. The lowest BCUT2D eigenvalue weighted by molar-refractivity contribution is -0.118. The standard InChI is InChI=1S/C16H15Cl2NO2/c1-10-3-4-11(2)15(5-10)21-9-16(20)19-14-7-12(17)6-13(18)8-14/h3-8H,9H2,1-2H3,(H,19,20). The first-order chi connectivity index (χ1) is 9.94. The van der Waals surface area contributed by atoms with E-state index in [-0.39, 0.29) is 12.5 Å². The summed E-state index contributed by atoms with van der Waals surface area (Å²) in [5.74, 6) is 0.434. The number of hydrogen-bond donors (Lipinski definition) is 1. The smallest absolute Gasteiger partial charge is 0.262 e. The summed E-state index contributed by atoms with van der Waals surface area (Å²) >= 11 is 11.8. The molecule has 1 amide bonds. The van der Waals surface area contributed by atoms with Crippen LogP contribution in [0.25, 0.3) is 0 Å². The fourth-order valence-corrected chi connectivity index (χ4v) is 2.36. The molecule has 0 fully saturated rings. The number of benzene rings is 2. The van der Waals surface area contributed by atoms with E-state index in [2.05, 4.69) is 5.32 Å². The Morgan fingerprint density at radius 2 is 1.76 bits per heavy atom. The number of amides is 1. The molecule has 0 saturated carbocycles. The van der Waals surface area contributed by atoms with Crippen molar-refractivity contribution in [3.63, 3.8) is 0 Å². The number of carbonyl (C=O) groups excluding carboxylic acids is 1. The van der Waals surface area contributed by atoms with Crippen molar-refractivity contribution in [1.29, 1.82) is 0 Å². The summed E-state index contributed by atoms with van der Waals surface area (Å²) in [6.07, 6.45) is 0. The van der Waals surface area contributed by atoms with Crippen LogP contribution in [0.2, 0.25) is 10.0 Å². The number of hydrogen-bond acceptors (Lipinski definition) is 2. The fourth-order valence-electron chi connectivity index (χ4n) is 1.83. The summed E-state index contributed by atoms with van der Waals surface area (Å²) in [5, 5.41) is 3.63. The Kier molecular flexibility index (Phi) is 5.10. The zero-order chi connectivity index (χ0) is 15.4. The highest BCUT2D eigenvalue weighted by molar-refractivity contribution is 6.35. The Morgan fingerprint density at radius 1 is 1.10 bits per heavy atom. The highest BCUT2D eigenvalue weighted by Crippen LogP contribution is 2.23. The van der Waals surface area contributed by atoms with Crippen LogP contribution in [0.3, 0.4) is 0 Å². The first-order valence-corrected chi connectivity index (χ1v) is 7.15. The third-order valence-corrected chi connectivity index (χ3v) is 3.29. The highest BCUT2D eigenvalue weighted by atomic mass is 35.5. The van der Waals surface area contributed by atoms with E-state index in [1.54, 1.807) is 18.2 Å². The zero-order valence-corrected chi connectivity index (χ0v) is 13.3. The van der Waals surface area contributed by atoms with Gasteiger partial charge in [0.25, 0.3) is 5.91 Å². The number of ether oxygens (including phenoxy) is 1. The summed E-state index contributed by atoms with van der Waals surface area (Å²) in [6, 6.07) is 10.7. The zero-order valence-electron chi connectivity index (χ0n) is 11.7. The van der Waals surface area contributed by atoms with Crippen LogP contribution in [0.1, 0.15) is 11.1 Å². The van der Waals surface area contributed by atoms with Gasteiger partial charge in [-0.3, -0.25) is 4.79 Å². The van der Waals surface area contributed by atoms with Crippen molar-refractivity contribution in [2.24, 2.45) is 0 Å². The van der Waals surface area contributed by atoms with Gasteiger partial charge < -0.3 is 10.1 Å². The molecule has 5 heteroatoms. The Labute approximate surface area is 133 Å². The molecule has 0 aliphatic rings. The second-order valence-corrected chi connectivity index (χ2v) is 5.64. The lowest BCUT2D eigenvalue weighted by Crippen LogP contribution is -2.20. The first-order valence-electron chi connectivity index (χ1n) is 6.40. The largest absolute Gasteiger partial charge is 0.483 e. The van der Waals surface area contributed by atoms with Gasteiger partial charge in [0, 0.05) is 15.7 Å². The van der Waals surface area contributed by atoms with Gasteiger partial charge in [0.2, 0.25) is 0 Å². The van der Waals surface area contributed by atoms with Crippen LogP contribution in [0.4, 0.5) is 5.69 Å². The van der Waals surface area contributed by atoms with Gasteiger partial charge >= 0.3 is 0 Å². The number of carbonyl (C=O) groups is 1. The van der Waals surface area contributed by atoms with E-state index in [4.69, 9.17) is 27.9 Å². The molecule has 2 rings (SSSR count). The van der Waals surface area contributed by atoms with Crippen LogP contribution in [-0.2, 0) is 4.79 Å². The highest BCUT2D eigenvalue weighted by Gasteiger charge is 2.07. The molecule has 0 atom stereocenters. The Hall–Kier alpha value is -1.71. The Morgan fingerprint density at radius 3 is 2.43 bits per heavy atom. The molecule has 0 spiro atoms. The molecule has 0 aliphatic carbocycles. The fraction of sp³-hybridized carbons (Fsp3) is 0.188. The monoisotopic (exact) mass is 323 g/mol. The summed E-state index contributed by atoms with van der Waals surface area (Å²) in [6.45, 7) is 3.83. The topological polar surface area (TPSA) is 38.3 Å². The third-order valence-electron chi connectivity index (χ3n) is 2.85. The second kappa shape index (κ2) is 6.83. The van der Waals surface area contributed by atoms with E-state index in [9.17, 15) is 4.79 Å². The van der Waals surface area contributed by atoms with Crippen molar-refractivity contribution >= 4 is 34.8 Å². The van der Waals surface area contributed by atoms with Crippen molar-refractivity contribution in [2.45, 2.75) is 13.8 Å². The maximum Gasteiger partial charge on any atom is 0.262 e. The number of rotatable bonds is 4. The minimum absolute atomic E-state index is 0.0750. The van der Waals surface area contributed by atoms with Gasteiger partial charge in [0.05, 0.1) is 0 Å². The molecule has 2 aromatic rings. The van der Waals surface area contributed by atoms with Gasteiger partial charge in [-0.2, -0.15) is 0 Å². The summed E-state index contributed by atoms with van der Waals surface area (Å²) < 4.78 is 5.53. The van der Waals surface area contributed by atoms with E-state index < -0.39 is 0 Å². The summed E-state index contributed by atoms with van der Waals surface area (Å²) in [5.41, 5.74) is 2.61. The van der Waals surface area contributed by atoms with E-state index in [0.29, 0.717) is 21.5 Å². The van der Waals surface area contributed by atoms with Crippen LogP contribution in [0.15, 0.2) is 36.4 Å².